The maximum absolute atomic E-state index is 12.5. The average molecular weight is 362 g/mol. The van der Waals surface area contributed by atoms with Crippen molar-refractivity contribution in [2.75, 3.05) is 12.0 Å². The zero-order chi connectivity index (χ0) is 17.3. The number of aromatic hydroxyl groups is 1. The number of amides is 2. The van der Waals surface area contributed by atoms with E-state index in [-0.39, 0.29) is 11.0 Å². The number of anilines is 1. The number of carbonyl (C=O) groups is 2. The number of thioether (sulfide) groups is 1. The molecule has 0 radical (unpaired) electrons. The topological polar surface area (TPSA) is 66.8 Å². The molecule has 0 aromatic heterocycles. The van der Waals surface area contributed by atoms with E-state index in [0.29, 0.717) is 26.9 Å². The molecule has 0 atom stereocenters. The minimum Gasteiger partial charge on any atom is -0.504 e. The molecule has 0 bridgehead atoms. The fourth-order valence-corrected chi connectivity index (χ4v) is 3.18. The van der Waals surface area contributed by atoms with Gasteiger partial charge in [-0.25, -0.2) is 4.90 Å². The van der Waals surface area contributed by atoms with Crippen molar-refractivity contribution in [3.05, 3.63) is 58.0 Å². The number of hydrogen-bond donors (Lipinski definition) is 1. The van der Waals surface area contributed by atoms with Gasteiger partial charge in [0.05, 0.1) is 17.7 Å². The van der Waals surface area contributed by atoms with Crippen LogP contribution >= 0.6 is 23.4 Å². The zero-order valence-corrected chi connectivity index (χ0v) is 14.1. The van der Waals surface area contributed by atoms with Crippen molar-refractivity contribution in [3.8, 4) is 11.5 Å². The second kappa shape index (κ2) is 6.59. The third-order valence-corrected chi connectivity index (χ3v) is 4.50. The summed E-state index contributed by atoms with van der Waals surface area (Å²) in [6, 6.07) is 11.2. The average Bonchev–Trinajstić information content (AvgIpc) is 2.84. The van der Waals surface area contributed by atoms with Gasteiger partial charge in [-0.15, -0.1) is 0 Å². The lowest BCUT2D eigenvalue weighted by atomic mass is 10.2. The summed E-state index contributed by atoms with van der Waals surface area (Å²) in [7, 11) is 1.44. The van der Waals surface area contributed by atoms with E-state index >= 15 is 0 Å². The van der Waals surface area contributed by atoms with Gasteiger partial charge >= 0.3 is 0 Å². The molecule has 3 rings (SSSR count). The Hall–Kier alpha value is -2.44. The first-order chi connectivity index (χ1) is 11.5. The van der Waals surface area contributed by atoms with Crippen molar-refractivity contribution in [2.45, 2.75) is 0 Å². The second-order valence-electron chi connectivity index (χ2n) is 4.92. The molecule has 2 amide bonds. The Bertz CT molecular complexity index is 848. The van der Waals surface area contributed by atoms with Gasteiger partial charge in [0.2, 0.25) is 0 Å². The van der Waals surface area contributed by atoms with E-state index in [4.69, 9.17) is 16.3 Å². The molecule has 1 fully saturated rings. The van der Waals surface area contributed by atoms with Crippen molar-refractivity contribution in [1.82, 2.24) is 0 Å². The van der Waals surface area contributed by atoms with Gasteiger partial charge < -0.3 is 9.84 Å². The van der Waals surface area contributed by atoms with E-state index in [1.54, 1.807) is 42.5 Å². The third kappa shape index (κ3) is 3.11. The Morgan fingerprint density at radius 3 is 2.54 bits per heavy atom. The highest BCUT2D eigenvalue weighted by molar-refractivity contribution is 8.19. The number of phenols is 1. The maximum atomic E-state index is 12.5. The molecule has 2 aromatic carbocycles. The Kier molecular flexibility index (Phi) is 4.51. The maximum Gasteiger partial charge on any atom is 0.298 e. The van der Waals surface area contributed by atoms with Gasteiger partial charge in [0, 0.05) is 5.02 Å². The third-order valence-electron chi connectivity index (χ3n) is 3.38. The molecule has 1 heterocycles. The molecule has 0 saturated carbocycles. The van der Waals surface area contributed by atoms with Crippen LogP contribution in [0, 0.1) is 0 Å². The van der Waals surface area contributed by atoms with Crippen molar-refractivity contribution in [2.24, 2.45) is 0 Å². The SMILES string of the molecule is COc1cc(/C=C2/SC(=O)N(c3ccc(Cl)cc3)C2=O)ccc1O. The molecule has 0 aliphatic carbocycles. The Morgan fingerprint density at radius 1 is 1.17 bits per heavy atom. The van der Waals surface area contributed by atoms with Gasteiger partial charge in [-0.1, -0.05) is 17.7 Å². The highest BCUT2D eigenvalue weighted by atomic mass is 35.5. The molecule has 5 nitrogen and oxygen atoms in total. The van der Waals surface area contributed by atoms with Crippen molar-refractivity contribution >= 4 is 46.3 Å². The van der Waals surface area contributed by atoms with Crippen LogP contribution in [-0.4, -0.2) is 23.4 Å². The molecule has 1 aliphatic rings. The van der Waals surface area contributed by atoms with E-state index < -0.39 is 5.91 Å². The fraction of sp³-hybridized carbons (Fsp3) is 0.0588. The molecule has 0 unspecified atom stereocenters. The summed E-state index contributed by atoms with van der Waals surface area (Å²) in [4.78, 5) is 26.1. The molecule has 2 aromatic rings. The van der Waals surface area contributed by atoms with Gasteiger partial charge in [0.25, 0.3) is 11.1 Å². The number of methoxy groups -OCH3 is 1. The molecule has 122 valence electrons. The van der Waals surface area contributed by atoms with E-state index in [2.05, 4.69) is 0 Å². The Balaban J connectivity index is 1.92. The lowest BCUT2D eigenvalue weighted by Gasteiger charge is -2.12. The number of ether oxygens (including phenoxy) is 1. The minimum atomic E-state index is -0.403. The Morgan fingerprint density at radius 2 is 1.88 bits per heavy atom. The van der Waals surface area contributed by atoms with Crippen LogP contribution < -0.4 is 9.64 Å². The quantitative estimate of drug-likeness (QED) is 0.826. The van der Waals surface area contributed by atoms with Crippen LogP contribution in [0.3, 0.4) is 0 Å². The standard InChI is InChI=1S/C17H12ClNO4S/c1-23-14-8-10(2-7-13(14)20)9-15-16(21)19(17(22)24-15)12-5-3-11(18)4-6-12/h2-9,20H,1H3/b15-9+. The van der Waals surface area contributed by atoms with Crippen LogP contribution in [0.5, 0.6) is 11.5 Å². The van der Waals surface area contributed by atoms with Gasteiger partial charge in [-0.2, -0.15) is 0 Å². The van der Waals surface area contributed by atoms with Crippen molar-refractivity contribution < 1.29 is 19.4 Å². The first-order valence-electron chi connectivity index (χ1n) is 6.90. The first kappa shape index (κ1) is 16.4. The molecular formula is C17H12ClNO4S. The smallest absolute Gasteiger partial charge is 0.298 e. The van der Waals surface area contributed by atoms with E-state index in [1.165, 1.54) is 13.2 Å². The molecule has 0 spiro atoms. The molecule has 1 N–H and O–H groups in total. The lowest BCUT2D eigenvalue weighted by Crippen LogP contribution is -2.27. The summed E-state index contributed by atoms with van der Waals surface area (Å²) in [5.74, 6) is -0.107. The summed E-state index contributed by atoms with van der Waals surface area (Å²) in [5, 5.41) is 9.76. The fourth-order valence-electron chi connectivity index (χ4n) is 2.22. The largest absolute Gasteiger partial charge is 0.504 e. The van der Waals surface area contributed by atoms with Crippen molar-refractivity contribution in [3.63, 3.8) is 0 Å². The highest BCUT2D eigenvalue weighted by Gasteiger charge is 2.36. The zero-order valence-electron chi connectivity index (χ0n) is 12.5. The van der Waals surface area contributed by atoms with Crippen LogP contribution in [0.25, 0.3) is 6.08 Å². The number of rotatable bonds is 3. The number of halogens is 1. The molecular weight excluding hydrogens is 350 g/mol. The lowest BCUT2D eigenvalue weighted by molar-refractivity contribution is -0.113. The minimum absolute atomic E-state index is 0.00363. The molecule has 1 saturated heterocycles. The molecule has 1 aliphatic heterocycles. The monoisotopic (exact) mass is 361 g/mol. The van der Waals surface area contributed by atoms with Crippen LogP contribution in [0.4, 0.5) is 10.5 Å². The predicted octanol–water partition coefficient (Wildman–Crippen LogP) is 4.30. The van der Waals surface area contributed by atoms with E-state index in [9.17, 15) is 14.7 Å². The predicted molar refractivity (Wildman–Crippen MR) is 94.6 cm³/mol. The number of imide groups is 1. The second-order valence-corrected chi connectivity index (χ2v) is 6.35. The summed E-state index contributed by atoms with van der Waals surface area (Å²) in [5.41, 5.74) is 1.11. The van der Waals surface area contributed by atoms with E-state index in [0.717, 1.165) is 16.7 Å². The molecule has 7 heteroatoms. The van der Waals surface area contributed by atoms with Crippen LogP contribution in [0.1, 0.15) is 5.56 Å². The van der Waals surface area contributed by atoms with Crippen LogP contribution in [0.2, 0.25) is 5.02 Å². The van der Waals surface area contributed by atoms with Gasteiger partial charge in [-0.3, -0.25) is 9.59 Å². The first-order valence-corrected chi connectivity index (χ1v) is 8.09. The highest BCUT2D eigenvalue weighted by Crippen LogP contribution is 2.37. The number of phenolic OH excluding ortho intramolecular Hbond substituents is 1. The van der Waals surface area contributed by atoms with Gasteiger partial charge in [0.1, 0.15) is 0 Å². The van der Waals surface area contributed by atoms with E-state index in [1.807, 2.05) is 0 Å². The van der Waals surface area contributed by atoms with Gasteiger partial charge in [0.15, 0.2) is 11.5 Å². The summed E-state index contributed by atoms with van der Waals surface area (Å²) >= 11 is 6.69. The van der Waals surface area contributed by atoms with Gasteiger partial charge in [-0.05, 0) is 59.8 Å². The van der Waals surface area contributed by atoms with Crippen LogP contribution in [0.15, 0.2) is 47.4 Å². The summed E-state index contributed by atoms with van der Waals surface area (Å²) < 4.78 is 5.04. The van der Waals surface area contributed by atoms with Crippen LogP contribution in [-0.2, 0) is 4.79 Å². The number of hydrogen-bond acceptors (Lipinski definition) is 5. The summed E-state index contributed by atoms with van der Waals surface area (Å²) in [6.45, 7) is 0. The van der Waals surface area contributed by atoms with Crippen molar-refractivity contribution in [1.29, 1.82) is 0 Å². The number of nitrogens with zero attached hydrogens (tertiary/aromatic N) is 1. The summed E-state index contributed by atoms with van der Waals surface area (Å²) in [6.07, 6.45) is 1.59. The number of carbonyl (C=O) groups excluding carboxylic acids is 2. The molecule has 24 heavy (non-hydrogen) atoms. The normalized spacial score (nSPS) is 16.1. The number of benzene rings is 2. The Labute approximate surface area is 147 Å².